The molecule has 1 aromatic heterocycles. The van der Waals surface area contributed by atoms with Gasteiger partial charge in [-0.3, -0.25) is 4.90 Å². The third-order valence-electron chi connectivity index (χ3n) is 3.46. The van der Waals surface area contributed by atoms with Gasteiger partial charge in [-0.25, -0.2) is 9.97 Å². The normalized spacial score (nSPS) is 19.6. The summed E-state index contributed by atoms with van der Waals surface area (Å²) in [6.07, 6.45) is 1.78. The summed E-state index contributed by atoms with van der Waals surface area (Å²) in [5.74, 6) is 1.27. The quantitative estimate of drug-likeness (QED) is 0.922. The standard InChI is InChI=1S/C15H17BrN4O/c16-12-3-1-2-11(8-12)13-9-20(6-7-21-13)10-15-18-5-4-14(17)19-15/h1-5,8,13H,6-7,9-10H2,(H2,17,18,19). The van der Waals surface area contributed by atoms with Gasteiger partial charge in [-0.2, -0.15) is 0 Å². The maximum absolute atomic E-state index is 5.88. The maximum atomic E-state index is 5.88. The highest BCUT2D eigenvalue weighted by Crippen LogP contribution is 2.25. The fourth-order valence-electron chi connectivity index (χ4n) is 2.45. The van der Waals surface area contributed by atoms with Crippen molar-refractivity contribution in [2.45, 2.75) is 12.6 Å². The summed E-state index contributed by atoms with van der Waals surface area (Å²) in [6.45, 7) is 3.11. The van der Waals surface area contributed by atoms with Crippen molar-refractivity contribution >= 4 is 21.7 Å². The molecule has 1 atom stereocenters. The first-order chi connectivity index (χ1) is 10.2. The van der Waals surface area contributed by atoms with Gasteiger partial charge in [0, 0.05) is 23.8 Å². The van der Waals surface area contributed by atoms with Gasteiger partial charge < -0.3 is 10.5 Å². The number of nitrogens with zero attached hydrogens (tertiary/aromatic N) is 3. The molecule has 0 bridgehead atoms. The Morgan fingerprint density at radius 2 is 2.29 bits per heavy atom. The van der Waals surface area contributed by atoms with Crippen molar-refractivity contribution in [3.05, 3.63) is 52.4 Å². The molecule has 1 aliphatic heterocycles. The Bertz CT molecular complexity index is 622. The van der Waals surface area contributed by atoms with E-state index in [-0.39, 0.29) is 6.10 Å². The molecular weight excluding hydrogens is 332 g/mol. The Morgan fingerprint density at radius 3 is 3.10 bits per heavy atom. The highest BCUT2D eigenvalue weighted by atomic mass is 79.9. The Kier molecular flexibility index (Phi) is 4.48. The predicted octanol–water partition coefficient (Wildman–Crippen LogP) is 2.39. The molecule has 0 saturated carbocycles. The van der Waals surface area contributed by atoms with Crippen LogP contribution in [0.2, 0.25) is 0 Å². The van der Waals surface area contributed by atoms with Gasteiger partial charge in [0.05, 0.1) is 19.3 Å². The Labute approximate surface area is 132 Å². The zero-order valence-corrected chi connectivity index (χ0v) is 13.2. The minimum atomic E-state index is 0.0808. The molecule has 2 aromatic rings. The molecule has 1 unspecified atom stereocenters. The second kappa shape index (κ2) is 6.51. The van der Waals surface area contributed by atoms with Crippen molar-refractivity contribution in [3.8, 4) is 0 Å². The summed E-state index contributed by atoms with van der Waals surface area (Å²) in [7, 11) is 0. The van der Waals surface area contributed by atoms with Gasteiger partial charge in [-0.1, -0.05) is 28.1 Å². The lowest BCUT2D eigenvalue weighted by molar-refractivity contribution is -0.0336. The maximum Gasteiger partial charge on any atom is 0.144 e. The van der Waals surface area contributed by atoms with Crippen LogP contribution in [0.5, 0.6) is 0 Å². The van der Waals surface area contributed by atoms with Crippen LogP contribution in [-0.2, 0) is 11.3 Å². The fourth-order valence-corrected chi connectivity index (χ4v) is 2.86. The van der Waals surface area contributed by atoms with Crippen molar-refractivity contribution in [3.63, 3.8) is 0 Å². The average Bonchev–Trinajstić information content (AvgIpc) is 2.47. The lowest BCUT2D eigenvalue weighted by Gasteiger charge is -2.32. The van der Waals surface area contributed by atoms with Gasteiger partial charge in [0.1, 0.15) is 11.6 Å². The van der Waals surface area contributed by atoms with Crippen molar-refractivity contribution in [1.82, 2.24) is 14.9 Å². The summed E-state index contributed by atoms with van der Waals surface area (Å²) < 4.78 is 6.95. The summed E-state index contributed by atoms with van der Waals surface area (Å²) >= 11 is 3.50. The van der Waals surface area contributed by atoms with E-state index < -0.39 is 0 Å². The first-order valence-electron chi connectivity index (χ1n) is 6.87. The van der Waals surface area contributed by atoms with Crippen LogP contribution in [0.15, 0.2) is 41.0 Å². The van der Waals surface area contributed by atoms with Gasteiger partial charge in [0.15, 0.2) is 0 Å². The Hall–Kier alpha value is -1.50. The monoisotopic (exact) mass is 348 g/mol. The van der Waals surface area contributed by atoms with E-state index >= 15 is 0 Å². The van der Waals surface area contributed by atoms with Gasteiger partial charge >= 0.3 is 0 Å². The number of rotatable bonds is 3. The molecule has 1 saturated heterocycles. The molecule has 0 spiro atoms. The molecule has 0 aliphatic carbocycles. The first kappa shape index (κ1) is 14.4. The molecular formula is C15H17BrN4O. The van der Waals surface area contributed by atoms with Crippen LogP contribution in [0.1, 0.15) is 17.5 Å². The van der Waals surface area contributed by atoms with Crippen molar-refractivity contribution in [1.29, 1.82) is 0 Å². The number of morpholine rings is 1. The third kappa shape index (κ3) is 3.78. The zero-order chi connectivity index (χ0) is 14.7. The molecule has 2 N–H and O–H groups in total. The first-order valence-corrected chi connectivity index (χ1v) is 7.67. The summed E-state index contributed by atoms with van der Waals surface area (Å²) in [5.41, 5.74) is 6.88. The number of hydrogen-bond donors (Lipinski definition) is 1. The number of ether oxygens (including phenoxy) is 1. The summed E-state index contributed by atoms with van der Waals surface area (Å²) in [6, 6.07) is 9.95. The summed E-state index contributed by atoms with van der Waals surface area (Å²) in [5, 5.41) is 0. The van der Waals surface area contributed by atoms with Gasteiger partial charge in [-0.15, -0.1) is 0 Å². The molecule has 5 nitrogen and oxygen atoms in total. The number of anilines is 1. The van der Waals surface area contributed by atoms with Crippen LogP contribution in [-0.4, -0.2) is 34.6 Å². The van der Waals surface area contributed by atoms with Crippen molar-refractivity contribution in [2.75, 3.05) is 25.4 Å². The minimum absolute atomic E-state index is 0.0808. The Balaban J connectivity index is 1.68. The van der Waals surface area contributed by atoms with Crippen LogP contribution in [0.4, 0.5) is 5.82 Å². The number of aromatic nitrogens is 2. The van der Waals surface area contributed by atoms with E-state index in [1.165, 1.54) is 5.56 Å². The van der Waals surface area contributed by atoms with Crippen molar-refractivity contribution in [2.24, 2.45) is 0 Å². The second-order valence-corrected chi connectivity index (χ2v) is 5.96. The molecule has 0 radical (unpaired) electrons. The second-order valence-electron chi connectivity index (χ2n) is 5.05. The molecule has 110 valence electrons. The predicted molar refractivity (Wildman–Crippen MR) is 84.6 cm³/mol. The highest BCUT2D eigenvalue weighted by Gasteiger charge is 2.22. The van der Waals surface area contributed by atoms with E-state index in [1.807, 2.05) is 12.1 Å². The zero-order valence-electron chi connectivity index (χ0n) is 11.6. The number of nitrogen functional groups attached to an aromatic ring is 1. The van der Waals surface area contributed by atoms with Crippen LogP contribution in [0.25, 0.3) is 0 Å². The third-order valence-corrected chi connectivity index (χ3v) is 3.96. The molecule has 2 heterocycles. The van der Waals surface area contributed by atoms with E-state index in [9.17, 15) is 0 Å². The number of nitrogens with two attached hydrogens (primary N) is 1. The fraction of sp³-hybridized carbons (Fsp3) is 0.333. The van der Waals surface area contributed by atoms with E-state index in [2.05, 4.69) is 42.9 Å². The number of halogens is 1. The SMILES string of the molecule is Nc1ccnc(CN2CCOC(c3cccc(Br)c3)C2)n1. The minimum Gasteiger partial charge on any atom is -0.384 e. The smallest absolute Gasteiger partial charge is 0.144 e. The number of benzene rings is 1. The molecule has 1 aromatic carbocycles. The van der Waals surface area contributed by atoms with Crippen molar-refractivity contribution < 1.29 is 4.74 Å². The van der Waals surface area contributed by atoms with Crippen LogP contribution < -0.4 is 5.73 Å². The Morgan fingerprint density at radius 1 is 1.38 bits per heavy atom. The van der Waals surface area contributed by atoms with E-state index in [0.29, 0.717) is 19.0 Å². The van der Waals surface area contributed by atoms with Crippen LogP contribution in [0, 0.1) is 0 Å². The van der Waals surface area contributed by atoms with Gasteiger partial charge in [0.2, 0.25) is 0 Å². The molecule has 0 amide bonds. The molecule has 3 rings (SSSR count). The van der Waals surface area contributed by atoms with Crippen LogP contribution >= 0.6 is 15.9 Å². The summed E-state index contributed by atoms with van der Waals surface area (Å²) in [4.78, 5) is 10.8. The van der Waals surface area contributed by atoms with E-state index in [0.717, 1.165) is 23.4 Å². The lowest BCUT2D eigenvalue weighted by atomic mass is 10.1. The largest absolute Gasteiger partial charge is 0.384 e. The van der Waals surface area contributed by atoms with E-state index in [4.69, 9.17) is 10.5 Å². The number of hydrogen-bond acceptors (Lipinski definition) is 5. The van der Waals surface area contributed by atoms with Gasteiger partial charge in [0.25, 0.3) is 0 Å². The van der Waals surface area contributed by atoms with Crippen LogP contribution in [0.3, 0.4) is 0 Å². The molecule has 6 heteroatoms. The highest BCUT2D eigenvalue weighted by molar-refractivity contribution is 9.10. The lowest BCUT2D eigenvalue weighted by Crippen LogP contribution is -2.38. The average molecular weight is 349 g/mol. The molecule has 1 aliphatic rings. The van der Waals surface area contributed by atoms with Gasteiger partial charge in [-0.05, 0) is 23.8 Å². The van der Waals surface area contributed by atoms with E-state index in [1.54, 1.807) is 12.3 Å². The molecule has 21 heavy (non-hydrogen) atoms. The molecule has 1 fully saturated rings. The topological polar surface area (TPSA) is 64.3 Å².